The minimum atomic E-state index is -5.35. The first-order valence-corrected chi connectivity index (χ1v) is 11.3. The van der Waals surface area contributed by atoms with Gasteiger partial charge in [0.25, 0.3) is 11.5 Å². The second kappa shape index (κ2) is 12.5. The predicted molar refractivity (Wildman–Crippen MR) is 144 cm³/mol. The van der Waals surface area contributed by atoms with Crippen LogP contribution in [0.3, 0.4) is 0 Å². The van der Waals surface area contributed by atoms with Gasteiger partial charge in [0.15, 0.2) is 11.2 Å². The first kappa shape index (κ1) is 25.7. The van der Waals surface area contributed by atoms with Crippen molar-refractivity contribution in [3.05, 3.63) is 81.8 Å². The van der Waals surface area contributed by atoms with Crippen molar-refractivity contribution >= 4 is 53.0 Å². The van der Waals surface area contributed by atoms with Gasteiger partial charge < -0.3 is 21.3 Å². The molecule has 13 nitrogen and oxygen atoms in total. The third kappa shape index (κ3) is 7.28. The zero-order valence-corrected chi connectivity index (χ0v) is 21.6. The quantitative estimate of drug-likeness (QED) is 0.196. The Labute approximate surface area is 245 Å². The minimum absolute atomic E-state index is 0. The number of nitrogens with one attached hydrogen (secondary N) is 2. The van der Waals surface area contributed by atoms with Crippen molar-refractivity contribution in [2.75, 3.05) is 10.6 Å². The number of anilines is 2. The molecular weight excluding hydrogens is 587 g/mol. The average Bonchev–Trinajstić information content (AvgIpc) is 2.98. The summed E-state index contributed by atoms with van der Waals surface area (Å²) in [6.45, 7) is -0.814. The number of amides is 2. The van der Waals surface area contributed by atoms with Crippen molar-refractivity contribution in [2.45, 2.75) is 25.2 Å². The van der Waals surface area contributed by atoms with Crippen molar-refractivity contribution in [3.63, 3.8) is 0 Å². The zero-order valence-electron chi connectivity index (χ0n) is 24.8. The van der Waals surface area contributed by atoms with E-state index in [-0.39, 0.29) is 51.4 Å². The van der Waals surface area contributed by atoms with Crippen molar-refractivity contribution in [1.29, 1.82) is 0 Å². The summed E-state index contributed by atoms with van der Waals surface area (Å²) in [5.41, 5.74) is 2.84. The number of rotatable bonds is 8. The molecule has 6 N–H and O–H groups in total. The molecule has 42 heavy (non-hydrogen) atoms. The number of halogens is 4. The molecular formula is C25H21ClF3N7O6. The molecule has 17 heteroatoms. The molecule has 0 saturated carbocycles. The van der Waals surface area contributed by atoms with Crippen LogP contribution in [0.15, 0.2) is 59.4 Å². The van der Waals surface area contributed by atoms with Gasteiger partial charge in [-0.15, -0.1) is 12.4 Å². The van der Waals surface area contributed by atoms with Crippen LogP contribution < -0.4 is 21.5 Å². The average molecular weight is 612 g/mol. The number of nitrogen functional groups attached to an aromatic ring is 1. The van der Waals surface area contributed by atoms with Crippen LogP contribution in [0.4, 0.5) is 24.8 Å². The van der Waals surface area contributed by atoms with Crippen LogP contribution in [0.1, 0.15) is 27.1 Å². The van der Waals surface area contributed by atoms with Gasteiger partial charge in [-0.3, -0.25) is 24.3 Å². The van der Waals surface area contributed by atoms with Crippen molar-refractivity contribution in [2.24, 2.45) is 0 Å². The van der Waals surface area contributed by atoms with Crippen molar-refractivity contribution < 1.29 is 43.3 Å². The number of hydrogen-bond acceptors (Lipinski definition) is 9. The lowest BCUT2D eigenvalue weighted by Crippen LogP contribution is -2.42. The largest absolute Gasteiger partial charge is 0.508 e. The number of H-pyrrole nitrogens is 1. The Balaban J connectivity index is 0.00000576. The Morgan fingerprint density at radius 1 is 1.12 bits per heavy atom. The molecule has 0 fully saturated rings. The molecule has 2 aromatic carbocycles. The van der Waals surface area contributed by atoms with Crippen LogP contribution in [0, 0.1) is 0 Å². The normalized spacial score (nSPS) is 13.1. The smallest absolute Gasteiger partial charge is 0.471 e. The van der Waals surface area contributed by atoms with Crippen LogP contribution in [0.5, 0.6) is 5.75 Å². The summed E-state index contributed by atoms with van der Waals surface area (Å²) in [5.74, 6) is -6.17. The Kier molecular flexibility index (Phi) is 7.65. The van der Waals surface area contributed by atoms with Gasteiger partial charge in [-0.05, 0) is 41.9 Å². The maximum absolute atomic E-state index is 13.5. The van der Waals surface area contributed by atoms with Gasteiger partial charge in [0, 0.05) is 17.7 Å². The maximum Gasteiger partial charge on any atom is 0.471 e. The van der Waals surface area contributed by atoms with Crippen LogP contribution in [0.25, 0.3) is 11.2 Å². The molecule has 0 aliphatic carbocycles. The van der Waals surface area contributed by atoms with E-state index in [1.807, 2.05) is 0 Å². The number of fused-ring (bicyclic) bond motifs is 1. The highest BCUT2D eigenvalue weighted by atomic mass is 35.5. The number of aliphatic carboxylic acids is 1. The fraction of sp³-hybridized carbons (Fsp3) is 0.160. The van der Waals surface area contributed by atoms with Crippen LogP contribution in [-0.4, -0.2) is 60.2 Å². The molecule has 0 spiro atoms. The lowest BCUT2D eigenvalue weighted by molar-refractivity contribution is -0.170. The van der Waals surface area contributed by atoms with E-state index in [0.29, 0.717) is 0 Å². The summed E-state index contributed by atoms with van der Waals surface area (Å²) in [7, 11) is 0. The topological polar surface area (TPSA) is 204 Å². The van der Waals surface area contributed by atoms with Crippen LogP contribution >= 0.6 is 12.4 Å². The number of nitrogens with zero attached hydrogens (tertiary/aromatic N) is 4. The number of carboxylic acids is 1. The molecule has 0 aliphatic heterocycles. The lowest BCUT2D eigenvalue weighted by atomic mass is 10.1. The van der Waals surface area contributed by atoms with E-state index in [9.17, 15) is 42.6 Å². The third-order valence-corrected chi connectivity index (χ3v) is 5.41. The number of carboxylic acid groups (broad SMARTS) is 1. The SMILES string of the molecule is Cl.[2H]c1c([2H])c(C[C@H](NC(=O)c2ccc(N(Cc3cnc4nc(N)[nH]c(=O)c4n3)C(=O)C(F)(F)F)cc2)C(=O)O)c([2H])c([2H])c1O. The molecule has 0 saturated heterocycles. The Hall–Kier alpha value is -5.25. The highest BCUT2D eigenvalue weighted by Crippen LogP contribution is 2.26. The van der Waals surface area contributed by atoms with E-state index < -0.39 is 84.0 Å². The summed E-state index contributed by atoms with van der Waals surface area (Å²) >= 11 is 0. The Bertz CT molecular complexity index is 1890. The molecule has 2 amide bonds. The number of aromatic hydroxyl groups is 1. The highest BCUT2D eigenvalue weighted by Gasteiger charge is 2.43. The fourth-order valence-corrected chi connectivity index (χ4v) is 3.51. The van der Waals surface area contributed by atoms with E-state index in [0.717, 1.165) is 30.5 Å². The molecule has 4 rings (SSSR count). The molecule has 220 valence electrons. The molecule has 0 unspecified atom stereocenters. The second-order valence-corrected chi connectivity index (χ2v) is 8.32. The third-order valence-electron chi connectivity index (χ3n) is 5.41. The molecule has 0 aliphatic rings. The van der Waals surface area contributed by atoms with Crippen molar-refractivity contribution in [1.82, 2.24) is 25.3 Å². The number of phenols is 1. The number of aromatic nitrogens is 4. The standard InChI is InChI=1S/C25H20F3N7O6.ClH/c26-25(27,28)23(41)35(11-14-10-30-19-18(31-14)21(38)34-24(29)33-19)15-5-3-13(4-6-15)20(37)32-17(22(39)40)9-12-1-7-16(36)8-2-12;/h1-8,10,17,36H,9,11H2,(H,32,37)(H,39,40)(H3,29,30,33,34,38);1H/t17-;/m0./s1/i1D,2D,7D,8D;. The number of carbonyl (C=O) groups excluding carboxylic acids is 2. The number of nitrogens with two attached hydrogens (primary N) is 1. The first-order chi connectivity index (χ1) is 21.0. The number of hydrogen-bond donors (Lipinski definition) is 5. The van der Waals surface area contributed by atoms with Crippen LogP contribution in [0.2, 0.25) is 0 Å². The van der Waals surface area contributed by atoms with Gasteiger partial charge in [0.1, 0.15) is 11.8 Å². The zero-order chi connectivity index (χ0) is 33.4. The number of aromatic amines is 1. The monoisotopic (exact) mass is 611 g/mol. The van der Waals surface area contributed by atoms with Crippen LogP contribution in [-0.2, 0) is 22.6 Å². The maximum atomic E-state index is 13.5. The number of alkyl halides is 3. The van der Waals surface area contributed by atoms with E-state index in [4.69, 9.17) is 11.2 Å². The summed E-state index contributed by atoms with van der Waals surface area (Å²) in [6.07, 6.45) is -5.06. The predicted octanol–water partition coefficient (Wildman–Crippen LogP) is 1.94. The molecule has 0 bridgehead atoms. The fourth-order valence-electron chi connectivity index (χ4n) is 3.51. The van der Waals surface area contributed by atoms with Gasteiger partial charge in [-0.25, -0.2) is 14.8 Å². The number of carbonyl (C=O) groups is 3. The Morgan fingerprint density at radius 2 is 1.76 bits per heavy atom. The first-order valence-electron chi connectivity index (χ1n) is 13.3. The number of benzene rings is 2. The van der Waals surface area contributed by atoms with Gasteiger partial charge in [-0.1, -0.05) is 12.1 Å². The second-order valence-electron chi connectivity index (χ2n) is 8.32. The lowest BCUT2D eigenvalue weighted by Gasteiger charge is -2.24. The van der Waals surface area contributed by atoms with Crippen molar-refractivity contribution in [3.8, 4) is 5.75 Å². The summed E-state index contributed by atoms with van der Waals surface area (Å²) in [4.78, 5) is 63.1. The van der Waals surface area contributed by atoms with E-state index in [2.05, 4.69) is 25.3 Å². The molecule has 4 aromatic rings. The molecule has 2 aromatic heterocycles. The minimum Gasteiger partial charge on any atom is -0.508 e. The Morgan fingerprint density at radius 3 is 2.36 bits per heavy atom. The highest BCUT2D eigenvalue weighted by molar-refractivity contribution is 5.99. The van der Waals surface area contributed by atoms with E-state index in [1.54, 1.807) is 0 Å². The summed E-state index contributed by atoms with van der Waals surface area (Å²) in [6, 6.07) is -0.879. The van der Waals surface area contributed by atoms with Gasteiger partial charge in [0.05, 0.1) is 23.9 Å². The summed E-state index contributed by atoms with van der Waals surface area (Å²) < 4.78 is 71.7. The summed E-state index contributed by atoms with van der Waals surface area (Å²) in [5, 5.41) is 21.5. The molecule has 1 atom stereocenters. The van der Waals surface area contributed by atoms with E-state index in [1.165, 1.54) is 0 Å². The van der Waals surface area contributed by atoms with E-state index >= 15 is 0 Å². The molecule has 0 radical (unpaired) electrons. The molecule has 2 heterocycles. The van der Waals surface area contributed by atoms with Gasteiger partial charge in [0.2, 0.25) is 5.95 Å². The van der Waals surface area contributed by atoms with Gasteiger partial charge >= 0.3 is 18.1 Å². The van der Waals surface area contributed by atoms with Gasteiger partial charge in [-0.2, -0.15) is 18.2 Å². The number of phenolic OH excluding ortho intramolecular Hbond substituents is 1.